The molecule has 0 aliphatic heterocycles. The summed E-state index contributed by atoms with van der Waals surface area (Å²) in [5.74, 6) is -0.439. The van der Waals surface area contributed by atoms with Gasteiger partial charge in [0.05, 0.1) is 16.3 Å². The van der Waals surface area contributed by atoms with Gasteiger partial charge in [-0.15, -0.1) is 0 Å². The van der Waals surface area contributed by atoms with Crippen LogP contribution in [0.2, 0.25) is 0 Å². The Balaban J connectivity index is 1.82. The van der Waals surface area contributed by atoms with Crippen LogP contribution < -0.4 is 5.43 Å². The lowest BCUT2D eigenvalue weighted by molar-refractivity contribution is -0.384. The number of hydrogen-bond acceptors (Lipinski definition) is 5. The number of nitrogens with zero attached hydrogens (tertiary/aromatic N) is 4. The number of benzene rings is 1. The maximum atomic E-state index is 12.3. The molecule has 0 aliphatic rings. The minimum absolute atomic E-state index is 0.0328. The second-order valence-corrected chi connectivity index (χ2v) is 5.42. The number of non-ortho nitro benzene ring substituents is 1. The number of imidazole rings is 1. The molecule has 0 saturated heterocycles. The van der Waals surface area contributed by atoms with Crippen LogP contribution in [0.3, 0.4) is 0 Å². The fourth-order valence-corrected chi connectivity index (χ4v) is 2.43. The molecule has 0 bridgehead atoms. The number of nitro groups is 1. The van der Waals surface area contributed by atoms with Crippen molar-refractivity contribution in [2.75, 3.05) is 0 Å². The maximum Gasteiger partial charge on any atom is 0.291 e. The summed E-state index contributed by atoms with van der Waals surface area (Å²) in [5, 5.41) is 14.9. The lowest BCUT2D eigenvalue weighted by atomic mass is 10.1. The van der Waals surface area contributed by atoms with E-state index in [9.17, 15) is 14.9 Å². The molecule has 3 aromatic rings. The molecule has 0 fully saturated rings. The summed E-state index contributed by atoms with van der Waals surface area (Å²) in [6.07, 6.45) is 1.83. The van der Waals surface area contributed by atoms with Crippen molar-refractivity contribution in [2.45, 2.75) is 13.8 Å². The molecule has 1 N–H and O–H groups in total. The standard InChI is InChI=1S/C17H15N5O3/c1-11(13-6-5-7-14(10-13)22(24)25)19-20-17(23)16-12(2)21-9-4-3-8-15(21)18-16/h3-10H,1-2H3,(H,20,23)/b19-11-. The molecule has 25 heavy (non-hydrogen) atoms. The number of nitro benzene ring substituents is 1. The Labute approximate surface area is 143 Å². The molecular weight excluding hydrogens is 322 g/mol. The number of amides is 1. The van der Waals surface area contributed by atoms with Crippen LogP contribution in [0, 0.1) is 17.0 Å². The van der Waals surface area contributed by atoms with E-state index in [1.807, 2.05) is 22.7 Å². The molecule has 0 atom stereocenters. The van der Waals surface area contributed by atoms with Crippen LogP contribution in [0.15, 0.2) is 53.8 Å². The van der Waals surface area contributed by atoms with Crippen molar-refractivity contribution < 1.29 is 9.72 Å². The molecule has 0 aliphatic carbocycles. The Kier molecular flexibility index (Phi) is 4.25. The average Bonchev–Trinajstić information content (AvgIpc) is 2.96. The third-order valence-electron chi connectivity index (χ3n) is 3.78. The van der Waals surface area contributed by atoms with Gasteiger partial charge in [-0.25, -0.2) is 10.4 Å². The van der Waals surface area contributed by atoms with Gasteiger partial charge in [0.2, 0.25) is 0 Å². The zero-order valence-corrected chi connectivity index (χ0v) is 13.6. The summed E-state index contributed by atoms with van der Waals surface area (Å²) < 4.78 is 1.81. The number of hydrogen-bond donors (Lipinski definition) is 1. The van der Waals surface area contributed by atoms with Crippen molar-refractivity contribution >= 4 is 23.0 Å². The molecule has 0 saturated carbocycles. The second-order valence-electron chi connectivity index (χ2n) is 5.42. The summed E-state index contributed by atoms with van der Waals surface area (Å²) >= 11 is 0. The third kappa shape index (κ3) is 3.23. The van der Waals surface area contributed by atoms with Gasteiger partial charge in [-0.2, -0.15) is 5.10 Å². The monoisotopic (exact) mass is 337 g/mol. The zero-order chi connectivity index (χ0) is 18.0. The number of carbonyl (C=O) groups excluding carboxylic acids is 1. The third-order valence-corrected chi connectivity index (χ3v) is 3.78. The van der Waals surface area contributed by atoms with E-state index < -0.39 is 10.8 Å². The quantitative estimate of drug-likeness (QED) is 0.449. The topological polar surface area (TPSA) is 102 Å². The van der Waals surface area contributed by atoms with Crippen molar-refractivity contribution in [3.05, 3.63) is 75.7 Å². The number of aromatic nitrogens is 2. The number of rotatable bonds is 4. The summed E-state index contributed by atoms with van der Waals surface area (Å²) in [6.45, 7) is 3.46. The summed E-state index contributed by atoms with van der Waals surface area (Å²) in [6, 6.07) is 11.6. The van der Waals surface area contributed by atoms with Crippen LogP contribution in [-0.2, 0) is 0 Å². The van der Waals surface area contributed by atoms with Gasteiger partial charge in [0, 0.05) is 23.9 Å². The van der Waals surface area contributed by atoms with Gasteiger partial charge < -0.3 is 4.40 Å². The van der Waals surface area contributed by atoms with Crippen LogP contribution >= 0.6 is 0 Å². The fourth-order valence-electron chi connectivity index (χ4n) is 2.43. The highest BCUT2D eigenvalue weighted by molar-refractivity contribution is 6.01. The van der Waals surface area contributed by atoms with E-state index in [0.717, 1.165) is 0 Å². The van der Waals surface area contributed by atoms with E-state index in [4.69, 9.17) is 0 Å². The SMILES string of the molecule is C/C(=N/NC(=O)c1nc2ccccn2c1C)c1cccc([N+](=O)[O-])c1. The van der Waals surface area contributed by atoms with E-state index in [1.165, 1.54) is 12.1 Å². The fraction of sp³-hybridized carbons (Fsp3) is 0.118. The first kappa shape index (κ1) is 16.3. The van der Waals surface area contributed by atoms with Gasteiger partial charge in [0.25, 0.3) is 11.6 Å². The second kappa shape index (κ2) is 6.52. The molecule has 8 heteroatoms. The molecule has 2 heterocycles. The van der Waals surface area contributed by atoms with E-state index >= 15 is 0 Å². The first-order valence-electron chi connectivity index (χ1n) is 7.50. The van der Waals surface area contributed by atoms with E-state index in [1.54, 1.807) is 32.0 Å². The molecule has 126 valence electrons. The Hall–Kier alpha value is -3.55. The zero-order valence-electron chi connectivity index (χ0n) is 13.6. The first-order chi connectivity index (χ1) is 12.0. The molecule has 2 aromatic heterocycles. The summed E-state index contributed by atoms with van der Waals surface area (Å²) in [5.41, 5.74) is 5.09. The maximum absolute atomic E-state index is 12.3. The number of aryl methyl sites for hydroxylation is 1. The molecular formula is C17H15N5O3. The molecule has 0 spiro atoms. The minimum Gasteiger partial charge on any atom is -0.304 e. The van der Waals surface area contributed by atoms with Crippen molar-refractivity contribution in [1.29, 1.82) is 0 Å². The van der Waals surface area contributed by atoms with Crippen molar-refractivity contribution in [2.24, 2.45) is 5.10 Å². The van der Waals surface area contributed by atoms with Crippen molar-refractivity contribution in [3.63, 3.8) is 0 Å². The average molecular weight is 337 g/mol. The van der Waals surface area contributed by atoms with Crippen LogP contribution in [0.4, 0.5) is 5.69 Å². The molecule has 0 radical (unpaired) electrons. The van der Waals surface area contributed by atoms with E-state index in [2.05, 4.69) is 15.5 Å². The Morgan fingerprint density at radius 1 is 1.28 bits per heavy atom. The Morgan fingerprint density at radius 3 is 2.80 bits per heavy atom. The lowest BCUT2D eigenvalue weighted by Crippen LogP contribution is -2.20. The van der Waals surface area contributed by atoms with Gasteiger partial charge >= 0.3 is 0 Å². The lowest BCUT2D eigenvalue weighted by Gasteiger charge is -2.02. The van der Waals surface area contributed by atoms with Gasteiger partial charge in [-0.1, -0.05) is 18.2 Å². The van der Waals surface area contributed by atoms with Crippen molar-refractivity contribution in [3.8, 4) is 0 Å². The van der Waals surface area contributed by atoms with Gasteiger partial charge in [-0.3, -0.25) is 14.9 Å². The van der Waals surface area contributed by atoms with Crippen LogP contribution in [0.1, 0.15) is 28.7 Å². The summed E-state index contributed by atoms with van der Waals surface area (Å²) in [7, 11) is 0. The highest BCUT2D eigenvalue weighted by Crippen LogP contribution is 2.14. The molecule has 3 rings (SSSR count). The van der Waals surface area contributed by atoms with Gasteiger partial charge in [0.1, 0.15) is 5.65 Å². The molecule has 1 amide bonds. The molecule has 1 aromatic carbocycles. The highest BCUT2D eigenvalue weighted by atomic mass is 16.6. The van der Waals surface area contributed by atoms with Crippen LogP contribution in [0.5, 0.6) is 0 Å². The van der Waals surface area contributed by atoms with E-state index in [0.29, 0.717) is 22.6 Å². The van der Waals surface area contributed by atoms with Crippen molar-refractivity contribution in [1.82, 2.24) is 14.8 Å². The number of hydrazone groups is 1. The number of carbonyl (C=O) groups is 1. The minimum atomic E-state index is -0.477. The number of fused-ring (bicyclic) bond motifs is 1. The largest absolute Gasteiger partial charge is 0.304 e. The normalized spacial score (nSPS) is 11.5. The summed E-state index contributed by atoms with van der Waals surface area (Å²) in [4.78, 5) is 27.0. The van der Waals surface area contributed by atoms with E-state index in [-0.39, 0.29) is 11.4 Å². The van der Waals surface area contributed by atoms with Crippen LogP contribution in [0.25, 0.3) is 5.65 Å². The molecule has 8 nitrogen and oxygen atoms in total. The highest BCUT2D eigenvalue weighted by Gasteiger charge is 2.15. The predicted octanol–water partition coefficient (Wildman–Crippen LogP) is 2.70. The Morgan fingerprint density at radius 2 is 2.08 bits per heavy atom. The van der Waals surface area contributed by atoms with Gasteiger partial charge in [-0.05, 0) is 26.0 Å². The Bertz CT molecular complexity index is 1010. The predicted molar refractivity (Wildman–Crippen MR) is 92.7 cm³/mol. The number of pyridine rings is 1. The smallest absolute Gasteiger partial charge is 0.291 e. The first-order valence-corrected chi connectivity index (χ1v) is 7.50. The van der Waals surface area contributed by atoms with Gasteiger partial charge in [0.15, 0.2) is 5.69 Å². The molecule has 0 unspecified atom stereocenters. The number of nitrogens with one attached hydrogen (secondary N) is 1. The van der Waals surface area contributed by atoms with Crippen LogP contribution in [-0.4, -0.2) is 25.9 Å².